The van der Waals surface area contributed by atoms with E-state index in [2.05, 4.69) is 209 Å². The van der Waals surface area contributed by atoms with Crippen molar-refractivity contribution in [2.75, 3.05) is 0 Å². The lowest BCUT2D eigenvalue weighted by Crippen LogP contribution is -2.16. The van der Waals surface area contributed by atoms with Crippen LogP contribution in [0.2, 0.25) is 0 Å². The van der Waals surface area contributed by atoms with Gasteiger partial charge in [-0.25, -0.2) is 9.98 Å². The molecule has 316 valence electrons. The molecule has 0 saturated heterocycles. The molecule has 1 aliphatic rings. The fourth-order valence-corrected chi connectivity index (χ4v) is 11.3. The van der Waals surface area contributed by atoms with Gasteiger partial charge in [0.2, 0.25) is 0 Å². The van der Waals surface area contributed by atoms with Crippen LogP contribution in [0, 0.1) is 0 Å². The third-order valence-corrected chi connectivity index (χ3v) is 14.7. The lowest BCUT2D eigenvalue weighted by atomic mass is 9.79. The molecule has 3 heteroatoms. The summed E-state index contributed by atoms with van der Waals surface area (Å²) < 4.78 is 2.51. The molecule has 9 aromatic carbocycles. The summed E-state index contributed by atoms with van der Waals surface area (Å²) in [5.41, 5.74) is 19.5. The number of nitrogens with zero attached hydrogens (tertiary/aromatic N) is 2. The van der Waals surface area contributed by atoms with E-state index in [1.54, 1.807) is 0 Å². The van der Waals surface area contributed by atoms with E-state index >= 15 is 0 Å². The number of aliphatic imine (C=N–C) groups is 2. The van der Waals surface area contributed by atoms with Gasteiger partial charge in [0.05, 0.1) is 0 Å². The normalized spacial score (nSPS) is 13.7. The number of thiophene rings is 1. The van der Waals surface area contributed by atoms with Crippen LogP contribution in [0.25, 0.3) is 58.9 Å². The van der Waals surface area contributed by atoms with Gasteiger partial charge >= 0.3 is 0 Å². The topological polar surface area (TPSA) is 24.7 Å². The van der Waals surface area contributed by atoms with Crippen LogP contribution in [-0.2, 0) is 11.8 Å². The van der Waals surface area contributed by atoms with E-state index in [0.717, 1.165) is 39.6 Å². The Kier molecular flexibility index (Phi) is 10.6. The molecule has 0 radical (unpaired) electrons. The van der Waals surface area contributed by atoms with Gasteiger partial charge in [-0.2, -0.15) is 0 Å². The molecule has 0 spiro atoms. The fraction of sp³-hybridized carbons (Fsp3) is 0.0952. The van der Waals surface area contributed by atoms with Crippen molar-refractivity contribution in [3.63, 3.8) is 0 Å². The Morgan fingerprint density at radius 1 is 0.561 bits per heavy atom. The van der Waals surface area contributed by atoms with Crippen LogP contribution in [0.3, 0.4) is 0 Å². The molecule has 0 N–H and O–H groups in total. The molecule has 1 aliphatic carbocycles. The van der Waals surface area contributed by atoms with E-state index in [9.17, 15) is 0 Å². The lowest BCUT2D eigenvalue weighted by Gasteiger charge is -2.24. The van der Waals surface area contributed by atoms with Crippen LogP contribution in [0.5, 0.6) is 0 Å². The van der Waals surface area contributed by atoms with Gasteiger partial charge in [-0.1, -0.05) is 215 Å². The van der Waals surface area contributed by atoms with Gasteiger partial charge in [-0.3, -0.25) is 0 Å². The summed E-state index contributed by atoms with van der Waals surface area (Å²) in [6.45, 7) is 10.9. The largest absolute Gasteiger partial charge is 0.233 e. The lowest BCUT2D eigenvalue weighted by molar-refractivity contribution is 0.657. The first-order chi connectivity index (χ1) is 32.3. The first-order valence-corrected chi connectivity index (χ1v) is 23.6. The number of hydrogen-bond acceptors (Lipinski definition) is 2. The maximum atomic E-state index is 5.40. The van der Waals surface area contributed by atoms with Gasteiger partial charge in [0.25, 0.3) is 0 Å². The van der Waals surface area contributed by atoms with Crippen LogP contribution in [0.4, 0.5) is 0 Å². The maximum Gasteiger partial charge on any atom is 0.161 e. The minimum atomic E-state index is -0.0766. The smallest absolute Gasteiger partial charge is 0.161 e. The Bertz CT molecular complexity index is 3580. The van der Waals surface area contributed by atoms with Crippen molar-refractivity contribution in [1.82, 2.24) is 0 Å². The van der Waals surface area contributed by atoms with Crippen molar-refractivity contribution in [2.45, 2.75) is 38.5 Å². The summed E-state index contributed by atoms with van der Waals surface area (Å²) in [7, 11) is 0. The van der Waals surface area contributed by atoms with E-state index in [0.29, 0.717) is 11.5 Å². The Morgan fingerprint density at radius 2 is 1.23 bits per heavy atom. The molecule has 0 bridgehead atoms. The third-order valence-electron chi connectivity index (χ3n) is 13.6. The van der Waals surface area contributed by atoms with Crippen molar-refractivity contribution in [1.29, 1.82) is 0 Å². The van der Waals surface area contributed by atoms with Crippen LogP contribution in [0.15, 0.2) is 229 Å². The first kappa shape index (κ1) is 41.1. The molecule has 1 atom stereocenters. The first-order valence-electron chi connectivity index (χ1n) is 22.8. The van der Waals surface area contributed by atoms with Gasteiger partial charge in [0, 0.05) is 53.9 Å². The molecule has 1 unspecified atom stereocenters. The molecular formula is C63H48N2S. The number of amidine groups is 1. The molecule has 66 heavy (non-hydrogen) atoms. The second-order valence-corrected chi connectivity index (χ2v) is 19.0. The van der Waals surface area contributed by atoms with Gasteiger partial charge in [0.15, 0.2) is 5.84 Å². The third kappa shape index (κ3) is 7.43. The van der Waals surface area contributed by atoms with E-state index in [4.69, 9.17) is 9.98 Å². The molecule has 0 aliphatic heterocycles. The quantitative estimate of drug-likeness (QED) is 0.0785. The van der Waals surface area contributed by atoms with E-state index < -0.39 is 0 Å². The average molecular weight is 865 g/mol. The Balaban J connectivity index is 0.993. The van der Waals surface area contributed by atoms with Crippen LogP contribution in [-0.4, -0.2) is 11.5 Å². The Hall–Kier alpha value is -7.68. The summed E-state index contributed by atoms with van der Waals surface area (Å²) in [4.78, 5) is 10.6. The highest BCUT2D eigenvalue weighted by Gasteiger charge is 2.35. The summed E-state index contributed by atoms with van der Waals surface area (Å²) in [5.74, 6) is 0.786. The molecule has 0 fully saturated rings. The minimum absolute atomic E-state index is 0.0766. The molecule has 11 rings (SSSR count). The highest BCUT2D eigenvalue weighted by atomic mass is 32.1. The zero-order chi connectivity index (χ0) is 44.8. The Labute approximate surface area is 391 Å². The fourth-order valence-electron chi connectivity index (χ4n) is 10.1. The van der Waals surface area contributed by atoms with Gasteiger partial charge in [-0.05, 0) is 86.3 Å². The maximum absolute atomic E-state index is 5.40. The van der Waals surface area contributed by atoms with Crippen LogP contribution < -0.4 is 0 Å². The van der Waals surface area contributed by atoms with Gasteiger partial charge < -0.3 is 0 Å². The summed E-state index contributed by atoms with van der Waals surface area (Å²) in [6.07, 6.45) is 0.875. The predicted octanol–water partition coefficient (Wildman–Crippen LogP) is 16.6. The molecular weight excluding hydrogens is 817 g/mol. The molecule has 2 nitrogen and oxygen atoms in total. The monoisotopic (exact) mass is 864 g/mol. The van der Waals surface area contributed by atoms with Crippen LogP contribution >= 0.6 is 11.3 Å². The molecule has 1 heterocycles. The van der Waals surface area contributed by atoms with Crippen molar-refractivity contribution < 1.29 is 0 Å². The molecule has 10 aromatic rings. The van der Waals surface area contributed by atoms with Crippen molar-refractivity contribution >= 4 is 59.5 Å². The highest BCUT2D eigenvalue weighted by molar-refractivity contribution is 7.25. The van der Waals surface area contributed by atoms with E-state index in [1.165, 1.54) is 70.2 Å². The standard InChI is InChI=1S/C63H48N2S/c1-5-58(47-21-10-7-11-22-47)65-62(53-27-16-23-45-20-12-13-24-50(45)53)64-41(2)49-26-17-29-59-61(49)54-36-30-42(39-60(54)66-59)38-55(46-33-31-44(32-34-46)43-18-8-6-9-19-43)48-35-37-52-51-25-14-15-28-56(51)63(3,4)57(52)40-48/h6-37,39-40,55H,1,38H2,2-4H3. The van der Waals surface area contributed by atoms with Crippen molar-refractivity contribution in [2.24, 2.45) is 9.98 Å². The highest BCUT2D eigenvalue weighted by Crippen LogP contribution is 2.50. The van der Waals surface area contributed by atoms with Gasteiger partial charge in [-0.15, -0.1) is 17.1 Å². The van der Waals surface area contributed by atoms with Crippen molar-refractivity contribution in [3.8, 4) is 22.3 Å². The number of fused-ring (bicyclic) bond motifs is 7. The number of hydrogen-bond donors (Lipinski definition) is 0. The SMILES string of the molecule is C=C=C(N=C(N=C(C)c1cccc2sc3cc(CC(c4ccc(-c5ccccc5)cc4)c4ccc5c(c4)C(C)(C)c4ccccc4-5)ccc3c12)c1cccc2ccccc12)c1ccccc1. The van der Waals surface area contributed by atoms with Gasteiger partial charge in [0.1, 0.15) is 5.70 Å². The second-order valence-electron chi connectivity index (χ2n) is 17.9. The number of rotatable bonds is 9. The summed E-state index contributed by atoms with van der Waals surface area (Å²) in [6, 6.07) is 74.7. The summed E-state index contributed by atoms with van der Waals surface area (Å²) in [5, 5.41) is 4.69. The molecule has 0 amide bonds. The average Bonchev–Trinajstić information content (AvgIpc) is 3.85. The predicted molar refractivity (Wildman–Crippen MR) is 282 cm³/mol. The molecule has 1 aromatic heterocycles. The zero-order valence-corrected chi connectivity index (χ0v) is 38.2. The van der Waals surface area contributed by atoms with Crippen LogP contribution in [0.1, 0.15) is 71.2 Å². The van der Waals surface area contributed by atoms with E-state index in [-0.39, 0.29) is 11.3 Å². The summed E-state index contributed by atoms with van der Waals surface area (Å²) >= 11 is 1.86. The zero-order valence-electron chi connectivity index (χ0n) is 37.4. The number of benzene rings is 9. The molecule has 0 saturated carbocycles. The van der Waals surface area contributed by atoms with E-state index in [1.807, 2.05) is 41.7 Å². The Morgan fingerprint density at radius 3 is 2.05 bits per heavy atom. The second kappa shape index (κ2) is 17.0. The van der Waals surface area contributed by atoms with Crippen molar-refractivity contribution in [3.05, 3.63) is 263 Å². The minimum Gasteiger partial charge on any atom is -0.233 e.